The van der Waals surface area contributed by atoms with Crippen LogP contribution in [0.1, 0.15) is 23.7 Å². The molecular weight excluding hydrogens is 302 g/mol. The molecule has 7 heteroatoms. The first kappa shape index (κ1) is 18.9. The van der Waals surface area contributed by atoms with Crippen LogP contribution in [0.25, 0.3) is 0 Å². The highest BCUT2D eigenvalue weighted by Gasteiger charge is 2.30. The summed E-state index contributed by atoms with van der Waals surface area (Å²) in [5, 5.41) is 11.7. The molecule has 1 rings (SSSR count). The average molecular weight is 325 g/mol. The number of carbonyl (C=O) groups excluding carboxylic acids is 1. The molecule has 1 aromatic carbocycles. The predicted molar refractivity (Wildman–Crippen MR) is 83.8 cm³/mol. The van der Waals surface area contributed by atoms with Crippen LogP contribution in [0.15, 0.2) is 24.3 Å². The van der Waals surface area contributed by atoms with E-state index in [1.54, 1.807) is 38.3 Å². The van der Waals surface area contributed by atoms with Crippen molar-refractivity contribution in [3.63, 3.8) is 0 Å². The number of ether oxygens (including phenoxy) is 3. The van der Waals surface area contributed by atoms with Gasteiger partial charge in [-0.25, -0.2) is 0 Å². The van der Waals surface area contributed by atoms with E-state index < -0.39 is 11.5 Å². The molecule has 0 saturated carbocycles. The molecule has 128 valence electrons. The first-order chi connectivity index (χ1) is 10.9. The molecule has 0 aliphatic carbocycles. The molecule has 0 heterocycles. The normalized spacial score (nSPS) is 13.2. The number of rotatable bonds is 10. The molecule has 0 saturated heterocycles. The van der Waals surface area contributed by atoms with E-state index >= 15 is 0 Å². The number of carboxylic acids is 1. The van der Waals surface area contributed by atoms with E-state index in [1.165, 1.54) is 7.11 Å². The summed E-state index contributed by atoms with van der Waals surface area (Å²) in [5.41, 5.74) is -0.613. The summed E-state index contributed by atoms with van der Waals surface area (Å²) in [6.07, 6.45) is -0.239. The molecule has 7 nitrogen and oxygen atoms in total. The van der Waals surface area contributed by atoms with Crippen LogP contribution < -0.4 is 10.1 Å². The predicted octanol–water partition coefficient (Wildman–Crippen LogP) is 1.32. The van der Waals surface area contributed by atoms with Crippen molar-refractivity contribution >= 4 is 11.9 Å². The Balaban J connectivity index is 2.78. The molecule has 0 radical (unpaired) electrons. The largest absolute Gasteiger partial charge is 0.491 e. The molecule has 0 aromatic heterocycles. The summed E-state index contributed by atoms with van der Waals surface area (Å²) >= 11 is 0. The molecule has 23 heavy (non-hydrogen) atoms. The summed E-state index contributed by atoms with van der Waals surface area (Å²) in [5.74, 6) is -0.856. The van der Waals surface area contributed by atoms with Gasteiger partial charge in [0.05, 0.1) is 25.2 Å². The number of aliphatic carboxylic acids is 1. The maximum atomic E-state index is 12.4. The van der Waals surface area contributed by atoms with E-state index in [1.807, 2.05) is 0 Å². The Morgan fingerprint density at radius 3 is 2.57 bits per heavy atom. The van der Waals surface area contributed by atoms with Crippen LogP contribution in [0, 0.1) is 0 Å². The van der Waals surface area contributed by atoms with Crippen molar-refractivity contribution in [3.05, 3.63) is 29.8 Å². The molecule has 0 fully saturated rings. The minimum atomic E-state index is -1.01. The smallest absolute Gasteiger partial charge is 0.305 e. The van der Waals surface area contributed by atoms with Gasteiger partial charge in [-0.05, 0) is 25.1 Å². The van der Waals surface area contributed by atoms with Crippen LogP contribution in [0.2, 0.25) is 0 Å². The highest BCUT2D eigenvalue weighted by atomic mass is 16.5. The fourth-order valence-electron chi connectivity index (χ4n) is 2.10. The maximum absolute atomic E-state index is 12.4. The molecule has 0 bridgehead atoms. The number of carbonyl (C=O) groups is 2. The minimum Gasteiger partial charge on any atom is -0.491 e. The number of hydrogen-bond donors (Lipinski definition) is 2. The van der Waals surface area contributed by atoms with Crippen LogP contribution >= 0.6 is 0 Å². The van der Waals surface area contributed by atoms with Crippen LogP contribution in [-0.4, -0.2) is 56.6 Å². The average Bonchev–Trinajstić information content (AvgIpc) is 2.47. The third kappa shape index (κ3) is 6.66. The third-order valence-electron chi connectivity index (χ3n) is 3.07. The fraction of sp³-hybridized carbons (Fsp3) is 0.500. The highest BCUT2D eigenvalue weighted by Crippen LogP contribution is 2.16. The van der Waals surface area contributed by atoms with Crippen LogP contribution in [-0.2, 0) is 14.3 Å². The van der Waals surface area contributed by atoms with E-state index in [0.717, 1.165) is 0 Å². The lowest BCUT2D eigenvalue weighted by Crippen LogP contribution is -2.50. The number of methoxy groups -OCH3 is 2. The SMILES string of the molecule is COCCOc1cccc(C(=O)NC(C)(COC)CC(=O)O)c1. The molecular formula is C16H23NO6. The lowest BCUT2D eigenvalue weighted by Gasteiger charge is -2.28. The fourth-order valence-corrected chi connectivity index (χ4v) is 2.10. The summed E-state index contributed by atoms with van der Waals surface area (Å²) < 4.78 is 15.4. The van der Waals surface area contributed by atoms with Crippen molar-refractivity contribution < 1.29 is 28.9 Å². The van der Waals surface area contributed by atoms with Crippen molar-refractivity contribution in [2.45, 2.75) is 18.9 Å². The second-order valence-corrected chi connectivity index (χ2v) is 5.39. The number of carboxylic acid groups (broad SMARTS) is 1. The maximum Gasteiger partial charge on any atom is 0.305 e. The van der Waals surface area contributed by atoms with Gasteiger partial charge in [0.2, 0.25) is 0 Å². The van der Waals surface area contributed by atoms with Gasteiger partial charge in [-0.2, -0.15) is 0 Å². The van der Waals surface area contributed by atoms with E-state index in [2.05, 4.69) is 5.32 Å². The zero-order valence-corrected chi connectivity index (χ0v) is 13.6. The van der Waals surface area contributed by atoms with Crippen molar-refractivity contribution in [3.8, 4) is 5.75 Å². The molecule has 0 spiro atoms. The first-order valence-electron chi connectivity index (χ1n) is 7.15. The second kappa shape index (κ2) is 9.12. The van der Waals surface area contributed by atoms with Crippen molar-refractivity contribution in [1.29, 1.82) is 0 Å². The monoisotopic (exact) mass is 325 g/mol. The van der Waals surface area contributed by atoms with Crippen molar-refractivity contribution in [1.82, 2.24) is 5.32 Å². The highest BCUT2D eigenvalue weighted by molar-refractivity contribution is 5.95. The third-order valence-corrected chi connectivity index (χ3v) is 3.07. The molecule has 1 amide bonds. The molecule has 0 aliphatic rings. The Kier molecular flexibility index (Phi) is 7.50. The van der Waals surface area contributed by atoms with E-state index in [4.69, 9.17) is 19.3 Å². The molecule has 0 aliphatic heterocycles. The molecule has 1 atom stereocenters. The number of nitrogens with one attached hydrogen (secondary N) is 1. The van der Waals surface area contributed by atoms with Gasteiger partial charge in [-0.1, -0.05) is 6.07 Å². The summed E-state index contributed by atoms with van der Waals surface area (Å²) in [4.78, 5) is 23.3. The van der Waals surface area contributed by atoms with Crippen LogP contribution in [0.5, 0.6) is 5.75 Å². The quantitative estimate of drug-likeness (QED) is 0.630. The van der Waals surface area contributed by atoms with Gasteiger partial charge in [0, 0.05) is 19.8 Å². The Morgan fingerprint density at radius 1 is 1.22 bits per heavy atom. The van der Waals surface area contributed by atoms with E-state index in [-0.39, 0.29) is 18.9 Å². The zero-order valence-electron chi connectivity index (χ0n) is 13.6. The van der Waals surface area contributed by atoms with E-state index in [9.17, 15) is 9.59 Å². The standard InChI is InChI=1S/C16H23NO6/c1-16(11-22-3,10-14(18)19)17-15(20)12-5-4-6-13(9-12)23-8-7-21-2/h4-6,9H,7-8,10-11H2,1-3H3,(H,17,20)(H,18,19). The summed E-state index contributed by atoms with van der Waals surface area (Å²) in [6.45, 7) is 2.54. The molecule has 1 aromatic rings. The molecule has 1 unspecified atom stereocenters. The first-order valence-corrected chi connectivity index (χ1v) is 7.15. The topological polar surface area (TPSA) is 94.1 Å². The zero-order chi connectivity index (χ0) is 17.3. The Morgan fingerprint density at radius 2 is 1.96 bits per heavy atom. The Labute approximate surface area is 135 Å². The summed E-state index contributed by atoms with van der Waals surface area (Å²) in [6, 6.07) is 6.66. The number of amides is 1. The van der Waals surface area contributed by atoms with Crippen molar-refractivity contribution in [2.24, 2.45) is 0 Å². The molecule has 2 N–H and O–H groups in total. The van der Waals surface area contributed by atoms with Crippen LogP contribution in [0.4, 0.5) is 0 Å². The lowest BCUT2D eigenvalue weighted by atomic mass is 9.98. The number of benzene rings is 1. The Hall–Kier alpha value is -2.12. The second-order valence-electron chi connectivity index (χ2n) is 5.39. The van der Waals surface area contributed by atoms with Gasteiger partial charge < -0.3 is 24.6 Å². The van der Waals surface area contributed by atoms with Gasteiger partial charge >= 0.3 is 5.97 Å². The van der Waals surface area contributed by atoms with Gasteiger partial charge in [0.1, 0.15) is 12.4 Å². The lowest BCUT2D eigenvalue weighted by molar-refractivity contribution is -0.139. The van der Waals surface area contributed by atoms with E-state index in [0.29, 0.717) is 24.5 Å². The van der Waals surface area contributed by atoms with Gasteiger partial charge in [0.25, 0.3) is 5.91 Å². The minimum absolute atomic E-state index is 0.0923. The van der Waals surface area contributed by atoms with Crippen molar-refractivity contribution in [2.75, 3.05) is 34.0 Å². The Bertz CT molecular complexity index is 533. The summed E-state index contributed by atoms with van der Waals surface area (Å²) in [7, 11) is 3.03. The van der Waals surface area contributed by atoms with Gasteiger partial charge in [-0.3, -0.25) is 9.59 Å². The van der Waals surface area contributed by atoms with Crippen LogP contribution in [0.3, 0.4) is 0 Å². The number of hydrogen-bond acceptors (Lipinski definition) is 5. The van der Waals surface area contributed by atoms with Gasteiger partial charge in [-0.15, -0.1) is 0 Å². The van der Waals surface area contributed by atoms with Gasteiger partial charge in [0.15, 0.2) is 0 Å².